The molecule has 1 aromatic rings. The normalized spacial score (nSPS) is 15.2. The van der Waals surface area contributed by atoms with Gasteiger partial charge in [-0.1, -0.05) is 22.0 Å². The van der Waals surface area contributed by atoms with Gasteiger partial charge in [0.1, 0.15) is 6.10 Å². The molecule has 2 N–H and O–H groups in total. The summed E-state index contributed by atoms with van der Waals surface area (Å²) in [5.41, 5.74) is 1.64. The van der Waals surface area contributed by atoms with Gasteiger partial charge < -0.3 is 10.2 Å². The van der Waals surface area contributed by atoms with Crippen LogP contribution >= 0.6 is 27.5 Å². The summed E-state index contributed by atoms with van der Waals surface area (Å²) < 4.78 is 0.874. The molecule has 0 fully saturated rings. The molecule has 0 aliphatic carbocycles. The molecule has 14 heavy (non-hydrogen) atoms. The van der Waals surface area contributed by atoms with Crippen LogP contribution in [0, 0.1) is 6.92 Å². The van der Waals surface area contributed by atoms with Crippen molar-refractivity contribution in [1.29, 1.82) is 0 Å². The number of rotatable bonds is 3. The van der Waals surface area contributed by atoms with E-state index in [-0.39, 0.29) is 5.88 Å². The third kappa shape index (κ3) is 2.70. The third-order valence-corrected chi connectivity index (χ3v) is 2.89. The van der Waals surface area contributed by atoms with Crippen LogP contribution in [0.1, 0.15) is 17.2 Å². The largest absolute Gasteiger partial charge is 0.389 e. The van der Waals surface area contributed by atoms with Crippen molar-refractivity contribution in [2.45, 2.75) is 19.1 Å². The van der Waals surface area contributed by atoms with Gasteiger partial charge in [0.15, 0.2) is 0 Å². The lowest BCUT2D eigenvalue weighted by molar-refractivity contribution is 0.0323. The molecule has 0 aliphatic heterocycles. The maximum absolute atomic E-state index is 9.74. The van der Waals surface area contributed by atoms with Gasteiger partial charge in [-0.2, -0.15) is 0 Å². The number of halogens is 2. The average Bonchev–Trinajstić information content (AvgIpc) is 2.19. The highest BCUT2D eigenvalue weighted by atomic mass is 79.9. The highest BCUT2D eigenvalue weighted by molar-refractivity contribution is 9.10. The van der Waals surface area contributed by atoms with Crippen LogP contribution in [0.2, 0.25) is 0 Å². The zero-order chi connectivity index (χ0) is 10.7. The summed E-state index contributed by atoms with van der Waals surface area (Å²) in [4.78, 5) is 0. The lowest BCUT2D eigenvalue weighted by atomic mass is 10.0. The Morgan fingerprint density at radius 1 is 1.43 bits per heavy atom. The first-order valence-electron chi connectivity index (χ1n) is 4.24. The molecule has 0 radical (unpaired) electrons. The van der Waals surface area contributed by atoms with E-state index in [2.05, 4.69) is 15.9 Å². The van der Waals surface area contributed by atoms with Gasteiger partial charge in [0, 0.05) is 4.47 Å². The number of aliphatic hydroxyl groups is 2. The van der Waals surface area contributed by atoms with E-state index in [1.165, 1.54) is 0 Å². The number of aliphatic hydroxyl groups excluding tert-OH is 2. The summed E-state index contributed by atoms with van der Waals surface area (Å²) in [6.45, 7) is 1.88. The van der Waals surface area contributed by atoms with Gasteiger partial charge in [-0.05, 0) is 30.2 Å². The predicted octanol–water partition coefficient (Wildman–Crippen LogP) is 2.39. The van der Waals surface area contributed by atoms with Crippen molar-refractivity contribution < 1.29 is 10.2 Å². The molecule has 78 valence electrons. The Kier molecular flexibility index (Phi) is 4.38. The van der Waals surface area contributed by atoms with Crippen LogP contribution < -0.4 is 0 Å². The van der Waals surface area contributed by atoms with E-state index < -0.39 is 12.2 Å². The Bertz CT molecular complexity index is 317. The fourth-order valence-electron chi connectivity index (χ4n) is 1.22. The van der Waals surface area contributed by atoms with Crippen molar-refractivity contribution in [3.63, 3.8) is 0 Å². The number of aryl methyl sites for hydroxylation is 1. The number of hydrogen-bond donors (Lipinski definition) is 2. The summed E-state index contributed by atoms with van der Waals surface area (Å²) in [5.74, 6) is 0.0210. The first-order chi connectivity index (χ1) is 6.56. The van der Waals surface area contributed by atoms with Crippen LogP contribution in [0.25, 0.3) is 0 Å². The number of hydrogen-bond acceptors (Lipinski definition) is 2. The summed E-state index contributed by atoms with van der Waals surface area (Å²) in [5, 5.41) is 19.1. The molecule has 0 aliphatic rings. The molecule has 0 bridgehead atoms. The molecule has 0 heterocycles. The van der Waals surface area contributed by atoms with E-state index in [1.54, 1.807) is 6.07 Å². The van der Waals surface area contributed by atoms with Crippen molar-refractivity contribution >= 4 is 27.5 Å². The minimum Gasteiger partial charge on any atom is -0.389 e. The van der Waals surface area contributed by atoms with Crippen LogP contribution in [0.5, 0.6) is 0 Å². The lowest BCUT2D eigenvalue weighted by Crippen LogP contribution is -2.20. The maximum Gasteiger partial charge on any atom is 0.106 e. The Labute approximate surface area is 96.7 Å². The Morgan fingerprint density at radius 2 is 2.07 bits per heavy atom. The highest BCUT2D eigenvalue weighted by Gasteiger charge is 2.19. The Hall–Kier alpha value is -0.0900. The molecule has 0 amide bonds. The van der Waals surface area contributed by atoms with Crippen molar-refractivity contribution in [3.8, 4) is 0 Å². The summed E-state index contributed by atoms with van der Waals surface area (Å²) >= 11 is 8.78. The third-order valence-electron chi connectivity index (χ3n) is 2.08. The molecular weight excluding hydrogens is 267 g/mol. The molecule has 2 unspecified atom stereocenters. The van der Waals surface area contributed by atoms with Crippen LogP contribution in [0.3, 0.4) is 0 Å². The number of alkyl halides is 1. The van der Waals surface area contributed by atoms with E-state index in [1.807, 2.05) is 19.1 Å². The second kappa shape index (κ2) is 5.12. The first kappa shape index (κ1) is 12.0. The van der Waals surface area contributed by atoms with Crippen LogP contribution in [-0.4, -0.2) is 22.2 Å². The highest BCUT2D eigenvalue weighted by Crippen LogP contribution is 2.24. The quantitative estimate of drug-likeness (QED) is 0.834. The number of benzene rings is 1. The molecule has 0 saturated heterocycles. The molecular formula is C10H12BrClO2. The van der Waals surface area contributed by atoms with Crippen LogP contribution in [0.15, 0.2) is 22.7 Å². The van der Waals surface area contributed by atoms with Gasteiger partial charge in [-0.25, -0.2) is 0 Å². The predicted molar refractivity (Wildman–Crippen MR) is 60.6 cm³/mol. The molecule has 0 aromatic heterocycles. The van der Waals surface area contributed by atoms with Crippen molar-refractivity contribution in [2.75, 3.05) is 5.88 Å². The molecule has 4 heteroatoms. The fraction of sp³-hybridized carbons (Fsp3) is 0.400. The lowest BCUT2D eigenvalue weighted by Gasteiger charge is -2.18. The topological polar surface area (TPSA) is 40.5 Å². The smallest absolute Gasteiger partial charge is 0.106 e. The standard InChI is InChI=1S/C10H12BrClO2/c1-6-2-3-7(11)4-8(6)10(14)9(13)5-12/h2-4,9-10,13-14H,5H2,1H3. The summed E-state index contributed by atoms with van der Waals surface area (Å²) in [7, 11) is 0. The van der Waals surface area contributed by atoms with Crippen molar-refractivity contribution in [1.82, 2.24) is 0 Å². The van der Waals surface area contributed by atoms with Crippen molar-refractivity contribution in [3.05, 3.63) is 33.8 Å². The zero-order valence-corrected chi connectivity index (χ0v) is 10.1. The van der Waals surface area contributed by atoms with E-state index in [0.29, 0.717) is 5.56 Å². The van der Waals surface area contributed by atoms with Crippen molar-refractivity contribution in [2.24, 2.45) is 0 Å². The van der Waals surface area contributed by atoms with Gasteiger partial charge in [-0.3, -0.25) is 0 Å². The molecule has 1 aromatic carbocycles. The summed E-state index contributed by atoms with van der Waals surface area (Å²) in [6, 6.07) is 5.55. The maximum atomic E-state index is 9.74. The molecule has 2 nitrogen and oxygen atoms in total. The molecule has 1 rings (SSSR count). The minimum atomic E-state index is -0.926. The van der Waals surface area contributed by atoms with Crippen LogP contribution in [0.4, 0.5) is 0 Å². The average molecular weight is 280 g/mol. The minimum absolute atomic E-state index is 0.0210. The fourth-order valence-corrected chi connectivity index (χ4v) is 1.77. The Morgan fingerprint density at radius 3 is 2.64 bits per heavy atom. The van der Waals surface area contributed by atoms with Crippen LogP contribution in [-0.2, 0) is 0 Å². The second-order valence-corrected chi connectivity index (χ2v) is 4.39. The second-order valence-electron chi connectivity index (χ2n) is 3.17. The van der Waals surface area contributed by atoms with Gasteiger partial charge in [0.25, 0.3) is 0 Å². The van der Waals surface area contributed by atoms with E-state index in [4.69, 9.17) is 11.6 Å². The molecule has 2 atom stereocenters. The SMILES string of the molecule is Cc1ccc(Br)cc1C(O)C(O)CCl. The molecule has 0 spiro atoms. The van der Waals surface area contributed by atoms with Gasteiger partial charge >= 0.3 is 0 Å². The van der Waals surface area contributed by atoms with Gasteiger partial charge in [0.2, 0.25) is 0 Å². The zero-order valence-electron chi connectivity index (χ0n) is 7.74. The van der Waals surface area contributed by atoms with Gasteiger partial charge in [-0.15, -0.1) is 11.6 Å². The Balaban J connectivity index is 2.99. The summed E-state index contributed by atoms with van der Waals surface area (Å²) in [6.07, 6.45) is -1.85. The van der Waals surface area contributed by atoms with E-state index in [0.717, 1.165) is 10.0 Å². The van der Waals surface area contributed by atoms with E-state index >= 15 is 0 Å². The monoisotopic (exact) mass is 278 g/mol. The van der Waals surface area contributed by atoms with E-state index in [9.17, 15) is 10.2 Å². The molecule has 0 saturated carbocycles. The van der Waals surface area contributed by atoms with Gasteiger partial charge in [0.05, 0.1) is 12.0 Å². The first-order valence-corrected chi connectivity index (χ1v) is 5.57.